The molecule has 5 rings (SSSR count). The Morgan fingerprint density at radius 3 is 1.53 bits per heavy atom. The molecule has 1 aliphatic carbocycles. The summed E-state index contributed by atoms with van der Waals surface area (Å²) in [5.74, 6) is 0. The first-order chi connectivity index (χ1) is 7.40. The maximum atomic E-state index is 2.72. The Bertz CT molecular complexity index is 231. The van der Waals surface area contributed by atoms with Gasteiger partial charge in [-0.2, -0.15) is 0 Å². The predicted molar refractivity (Wildman–Crippen MR) is 57.7 cm³/mol. The Hall–Kier alpha value is -0.160. The van der Waals surface area contributed by atoms with Crippen LogP contribution in [0.1, 0.15) is 25.7 Å². The Labute approximate surface area is 91.4 Å². The van der Waals surface area contributed by atoms with E-state index < -0.39 is 0 Å². The third kappa shape index (κ3) is 1.29. The van der Waals surface area contributed by atoms with Gasteiger partial charge in [0, 0.05) is 12.1 Å². The standard InChI is InChI=1S/C11H20N4/c1-2-4-11-10(3-1)14-6-12-5-13(7-14)9-15(11)8-12/h10-11H,1-9H2/t10-,11-/m0/s1. The first-order valence-corrected chi connectivity index (χ1v) is 6.33. The van der Waals surface area contributed by atoms with Crippen molar-refractivity contribution in [2.45, 2.75) is 37.8 Å². The minimum atomic E-state index is 0.856. The first kappa shape index (κ1) is 8.93. The molecule has 15 heavy (non-hydrogen) atoms. The van der Waals surface area contributed by atoms with Gasteiger partial charge < -0.3 is 0 Å². The van der Waals surface area contributed by atoms with Crippen LogP contribution in [-0.4, -0.2) is 65.0 Å². The molecular weight excluding hydrogens is 188 g/mol. The molecule has 4 heterocycles. The highest BCUT2D eigenvalue weighted by Crippen LogP contribution is 2.34. The van der Waals surface area contributed by atoms with Crippen LogP contribution < -0.4 is 0 Å². The molecule has 0 spiro atoms. The van der Waals surface area contributed by atoms with Gasteiger partial charge in [0.2, 0.25) is 0 Å². The van der Waals surface area contributed by atoms with Crippen LogP contribution in [0, 0.1) is 0 Å². The van der Waals surface area contributed by atoms with E-state index in [1.807, 2.05) is 0 Å². The van der Waals surface area contributed by atoms with Gasteiger partial charge in [-0.25, -0.2) is 0 Å². The molecule has 0 amide bonds. The van der Waals surface area contributed by atoms with Crippen LogP contribution in [0.4, 0.5) is 0 Å². The minimum Gasteiger partial charge on any atom is -0.273 e. The minimum absolute atomic E-state index is 0.856. The largest absolute Gasteiger partial charge is 0.273 e. The monoisotopic (exact) mass is 208 g/mol. The van der Waals surface area contributed by atoms with E-state index in [1.54, 1.807) is 0 Å². The van der Waals surface area contributed by atoms with Gasteiger partial charge >= 0.3 is 0 Å². The van der Waals surface area contributed by atoms with Crippen molar-refractivity contribution >= 4 is 0 Å². The van der Waals surface area contributed by atoms with E-state index in [4.69, 9.17) is 0 Å². The Balaban J connectivity index is 1.70. The van der Waals surface area contributed by atoms with E-state index in [0.29, 0.717) is 0 Å². The van der Waals surface area contributed by atoms with Crippen LogP contribution in [0.15, 0.2) is 0 Å². The van der Waals surface area contributed by atoms with E-state index >= 15 is 0 Å². The smallest absolute Gasteiger partial charge is 0.0555 e. The maximum Gasteiger partial charge on any atom is 0.0555 e. The topological polar surface area (TPSA) is 13.0 Å². The number of rotatable bonds is 0. The summed E-state index contributed by atoms with van der Waals surface area (Å²) in [6.07, 6.45) is 5.77. The SMILES string of the molecule is C1CC[C@H]2[C@H](C1)N1CN3CN(C1)CN2C3. The predicted octanol–water partition coefficient (Wildman–Crippen LogP) is 0.334. The summed E-state index contributed by atoms with van der Waals surface area (Å²) in [7, 11) is 0. The van der Waals surface area contributed by atoms with Crippen molar-refractivity contribution in [1.82, 2.24) is 19.6 Å². The van der Waals surface area contributed by atoms with Crippen LogP contribution in [-0.2, 0) is 0 Å². The Kier molecular flexibility index (Phi) is 1.89. The van der Waals surface area contributed by atoms with Gasteiger partial charge in [-0.3, -0.25) is 19.6 Å². The van der Waals surface area contributed by atoms with Crippen molar-refractivity contribution in [3.8, 4) is 0 Å². The lowest BCUT2D eigenvalue weighted by Crippen LogP contribution is -2.60. The van der Waals surface area contributed by atoms with Crippen molar-refractivity contribution in [2.24, 2.45) is 0 Å². The molecule has 84 valence electrons. The van der Waals surface area contributed by atoms with Gasteiger partial charge in [0.15, 0.2) is 0 Å². The fraction of sp³-hybridized carbons (Fsp3) is 1.00. The summed E-state index contributed by atoms with van der Waals surface area (Å²) < 4.78 is 0. The fourth-order valence-corrected chi connectivity index (χ4v) is 4.03. The molecule has 0 aromatic carbocycles. The van der Waals surface area contributed by atoms with Crippen molar-refractivity contribution < 1.29 is 0 Å². The Morgan fingerprint density at radius 2 is 1.07 bits per heavy atom. The maximum absolute atomic E-state index is 2.72. The summed E-state index contributed by atoms with van der Waals surface area (Å²) >= 11 is 0. The van der Waals surface area contributed by atoms with Gasteiger partial charge in [-0.1, -0.05) is 12.8 Å². The molecule has 0 aromatic rings. The molecule has 1 saturated carbocycles. The number of hydrogen-bond acceptors (Lipinski definition) is 4. The normalized spacial score (nSPS) is 57.6. The second kappa shape index (κ2) is 3.17. The highest BCUT2D eigenvalue weighted by Gasteiger charge is 2.45. The molecule has 4 saturated heterocycles. The molecule has 0 N–H and O–H groups in total. The van der Waals surface area contributed by atoms with E-state index in [-0.39, 0.29) is 0 Å². The van der Waals surface area contributed by atoms with Crippen LogP contribution >= 0.6 is 0 Å². The van der Waals surface area contributed by atoms with E-state index in [1.165, 1.54) is 59.0 Å². The molecule has 0 aromatic heterocycles. The summed E-state index contributed by atoms with van der Waals surface area (Å²) in [5.41, 5.74) is 0. The lowest BCUT2D eigenvalue weighted by molar-refractivity contribution is -0.0924. The summed E-state index contributed by atoms with van der Waals surface area (Å²) in [6.45, 7) is 6.07. The molecule has 5 fully saturated rings. The van der Waals surface area contributed by atoms with Crippen LogP contribution in [0.2, 0.25) is 0 Å². The number of hydrogen-bond donors (Lipinski definition) is 0. The zero-order valence-electron chi connectivity index (χ0n) is 9.31. The molecule has 4 bridgehead atoms. The zero-order valence-corrected chi connectivity index (χ0v) is 9.31. The molecule has 4 nitrogen and oxygen atoms in total. The molecule has 4 heteroatoms. The lowest BCUT2D eigenvalue weighted by Gasteiger charge is -2.46. The van der Waals surface area contributed by atoms with Crippen LogP contribution in [0.5, 0.6) is 0 Å². The van der Waals surface area contributed by atoms with E-state index in [2.05, 4.69) is 19.6 Å². The highest BCUT2D eigenvalue weighted by molar-refractivity contribution is 4.96. The summed E-state index contributed by atoms with van der Waals surface area (Å²) in [6, 6.07) is 1.71. The quantitative estimate of drug-likeness (QED) is 0.569. The average molecular weight is 208 g/mol. The molecule has 4 aliphatic heterocycles. The molecular formula is C11H20N4. The third-order valence-electron chi connectivity index (χ3n) is 4.56. The third-order valence-corrected chi connectivity index (χ3v) is 4.56. The molecule has 2 atom stereocenters. The first-order valence-electron chi connectivity index (χ1n) is 6.33. The van der Waals surface area contributed by atoms with Gasteiger partial charge in [0.05, 0.1) is 33.3 Å². The van der Waals surface area contributed by atoms with Gasteiger partial charge in [-0.05, 0) is 12.8 Å². The molecule has 0 unspecified atom stereocenters. The molecule has 5 aliphatic rings. The number of nitrogens with zero attached hydrogens (tertiary/aromatic N) is 4. The van der Waals surface area contributed by atoms with Gasteiger partial charge in [-0.15, -0.1) is 0 Å². The second-order valence-corrected chi connectivity index (χ2v) is 5.65. The fourth-order valence-electron chi connectivity index (χ4n) is 4.03. The highest BCUT2D eigenvalue weighted by atomic mass is 15.6. The van der Waals surface area contributed by atoms with Crippen molar-refractivity contribution in [2.75, 3.05) is 33.3 Å². The van der Waals surface area contributed by atoms with E-state index in [0.717, 1.165) is 12.1 Å². The van der Waals surface area contributed by atoms with Crippen molar-refractivity contribution in [3.05, 3.63) is 0 Å². The average Bonchev–Trinajstić information content (AvgIpc) is 2.43. The van der Waals surface area contributed by atoms with Gasteiger partial charge in [0.25, 0.3) is 0 Å². The Morgan fingerprint density at radius 1 is 0.600 bits per heavy atom. The lowest BCUT2D eigenvalue weighted by atomic mass is 9.89. The van der Waals surface area contributed by atoms with Gasteiger partial charge in [0.1, 0.15) is 0 Å². The van der Waals surface area contributed by atoms with Crippen molar-refractivity contribution in [1.29, 1.82) is 0 Å². The van der Waals surface area contributed by atoms with E-state index in [9.17, 15) is 0 Å². The van der Waals surface area contributed by atoms with Crippen LogP contribution in [0.3, 0.4) is 0 Å². The summed E-state index contributed by atoms with van der Waals surface area (Å²) in [4.78, 5) is 10.6. The second-order valence-electron chi connectivity index (χ2n) is 5.65. The summed E-state index contributed by atoms with van der Waals surface area (Å²) in [5, 5.41) is 0. The van der Waals surface area contributed by atoms with Crippen LogP contribution in [0.25, 0.3) is 0 Å². The molecule has 0 radical (unpaired) electrons. The zero-order chi connectivity index (χ0) is 9.83. The van der Waals surface area contributed by atoms with Crippen molar-refractivity contribution in [3.63, 3.8) is 0 Å².